The van der Waals surface area contributed by atoms with Crippen molar-refractivity contribution in [1.82, 2.24) is 30.2 Å². The third-order valence-electron chi connectivity index (χ3n) is 5.81. The number of carbonyl (C=O) groups excluding carboxylic acids is 2. The Morgan fingerprint density at radius 3 is 2.87 bits per heavy atom. The summed E-state index contributed by atoms with van der Waals surface area (Å²) in [5.41, 5.74) is 2.58. The van der Waals surface area contributed by atoms with Gasteiger partial charge in [-0.1, -0.05) is 13.8 Å². The van der Waals surface area contributed by atoms with E-state index in [0.717, 1.165) is 37.1 Å². The summed E-state index contributed by atoms with van der Waals surface area (Å²) >= 11 is 0. The molecule has 2 aromatic rings. The van der Waals surface area contributed by atoms with Crippen LogP contribution in [0.4, 0.5) is 0 Å². The lowest BCUT2D eigenvalue weighted by Crippen LogP contribution is -2.37. The average Bonchev–Trinajstić information content (AvgIpc) is 3.12. The van der Waals surface area contributed by atoms with Crippen LogP contribution in [0.3, 0.4) is 0 Å². The maximum absolute atomic E-state index is 12.6. The second-order valence-corrected chi connectivity index (χ2v) is 8.94. The first-order valence-corrected chi connectivity index (χ1v) is 10.6. The van der Waals surface area contributed by atoms with Gasteiger partial charge in [0.15, 0.2) is 5.82 Å². The van der Waals surface area contributed by atoms with Crippen LogP contribution in [0, 0.1) is 5.41 Å². The first-order chi connectivity index (χ1) is 14.4. The van der Waals surface area contributed by atoms with Gasteiger partial charge in [0.25, 0.3) is 0 Å². The van der Waals surface area contributed by atoms with Gasteiger partial charge in [-0.15, -0.1) is 0 Å². The predicted octanol–water partition coefficient (Wildman–Crippen LogP) is 2.47. The van der Waals surface area contributed by atoms with E-state index in [2.05, 4.69) is 34.1 Å². The molecule has 2 amide bonds. The van der Waals surface area contributed by atoms with Crippen LogP contribution >= 0.6 is 0 Å². The molecule has 0 radical (unpaired) electrons. The lowest BCUT2D eigenvalue weighted by Gasteiger charge is -2.36. The van der Waals surface area contributed by atoms with E-state index in [1.807, 2.05) is 11.1 Å². The molecule has 1 saturated heterocycles. The SMILES string of the molecule is CC1(C)Cc2nc(-c3cnccn3)ncc2[C@H](NC(=O)CCCN2CCCC2=O)C1. The number of amides is 2. The molecule has 1 aliphatic heterocycles. The van der Waals surface area contributed by atoms with Crippen molar-refractivity contribution in [3.05, 3.63) is 36.0 Å². The molecule has 2 aliphatic rings. The Labute approximate surface area is 176 Å². The van der Waals surface area contributed by atoms with Gasteiger partial charge in [-0.3, -0.25) is 14.6 Å². The van der Waals surface area contributed by atoms with E-state index >= 15 is 0 Å². The lowest BCUT2D eigenvalue weighted by atomic mass is 9.74. The Bertz CT molecular complexity index is 930. The molecule has 0 bridgehead atoms. The van der Waals surface area contributed by atoms with Gasteiger partial charge in [-0.25, -0.2) is 15.0 Å². The lowest BCUT2D eigenvalue weighted by molar-refractivity contribution is -0.128. The van der Waals surface area contributed by atoms with Crippen LogP contribution < -0.4 is 5.32 Å². The number of likely N-dealkylation sites (tertiary alicyclic amines) is 1. The van der Waals surface area contributed by atoms with Crippen LogP contribution in [0.2, 0.25) is 0 Å². The van der Waals surface area contributed by atoms with Gasteiger partial charge in [-0.2, -0.15) is 0 Å². The summed E-state index contributed by atoms with van der Waals surface area (Å²) in [7, 11) is 0. The van der Waals surface area contributed by atoms with Crippen molar-refractivity contribution in [3.8, 4) is 11.5 Å². The molecular weight excluding hydrogens is 380 g/mol. The van der Waals surface area contributed by atoms with Crippen LogP contribution in [-0.4, -0.2) is 49.7 Å². The molecule has 1 N–H and O–H groups in total. The van der Waals surface area contributed by atoms with E-state index < -0.39 is 0 Å². The molecule has 30 heavy (non-hydrogen) atoms. The average molecular weight is 409 g/mol. The summed E-state index contributed by atoms with van der Waals surface area (Å²) in [5.74, 6) is 0.766. The van der Waals surface area contributed by atoms with Crippen molar-refractivity contribution in [2.75, 3.05) is 13.1 Å². The minimum absolute atomic E-state index is 0.00768. The molecular formula is C22H28N6O2. The highest BCUT2D eigenvalue weighted by Crippen LogP contribution is 2.40. The molecule has 4 rings (SSSR count). The fourth-order valence-electron chi connectivity index (χ4n) is 4.35. The van der Waals surface area contributed by atoms with Crippen LogP contribution in [0.1, 0.15) is 63.3 Å². The predicted molar refractivity (Wildman–Crippen MR) is 111 cm³/mol. The van der Waals surface area contributed by atoms with Gasteiger partial charge in [0, 0.05) is 50.1 Å². The third kappa shape index (κ3) is 4.63. The number of hydrogen-bond donors (Lipinski definition) is 1. The highest BCUT2D eigenvalue weighted by molar-refractivity contribution is 5.78. The van der Waals surface area contributed by atoms with Crippen molar-refractivity contribution < 1.29 is 9.59 Å². The number of nitrogens with one attached hydrogen (secondary N) is 1. The molecule has 0 aromatic carbocycles. The third-order valence-corrected chi connectivity index (χ3v) is 5.81. The first-order valence-electron chi connectivity index (χ1n) is 10.6. The second kappa shape index (κ2) is 8.45. The molecule has 0 unspecified atom stereocenters. The van der Waals surface area contributed by atoms with E-state index in [4.69, 9.17) is 4.98 Å². The minimum Gasteiger partial charge on any atom is -0.349 e. The van der Waals surface area contributed by atoms with Crippen LogP contribution in [-0.2, 0) is 16.0 Å². The monoisotopic (exact) mass is 408 g/mol. The first kappa shape index (κ1) is 20.4. The standard InChI is InChI=1S/C22H28N6O2/c1-22(2)11-16(26-19(29)5-3-9-28-10-4-6-20(28)30)15-13-25-21(27-17(15)12-22)18-14-23-7-8-24-18/h7-8,13-14,16H,3-6,9-12H2,1-2H3,(H,26,29)/t16-/m1/s1. The number of fused-ring (bicyclic) bond motifs is 1. The van der Waals surface area contributed by atoms with Crippen molar-refractivity contribution in [2.24, 2.45) is 5.41 Å². The Hall–Kier alpha value is -2.90. The molecule has 158 valence electrons. The minimum atomic E-state index is -0.111. The maximum Gasteiger partial charge on any atom is 0.222 e. The van der Waals surface area contributed by atoms with Crippen LogP contribution in [0.25, 0.3) is 11.5 Å². The van der Waals surface area contributed by atoms with Crippen molar-refractivity contribution in [2.45, 2.75) is 58.4 Å². The molecule has 3 heterocycles. The van der Waals surface area contributed by atoms with E-state index in [0.29, 0.717) is 37.3 Å². The maximum atomic E-state index is 12.6. The number of aromatic nitrogens is 4. The summed E-state index contributed by atoms with van der Waals surface area (Å²) < 4.78 is 0. The molecule has 8 heteroatoms. The fraction of sp³-hybridized carbons (Fsp3) is 0.545. The number of nitrogens with zero attached hydrogens (tertiary/aromatic N) is 5. The molecule has 0 saturated carbocycles. The van der Waals surface area contributed by atoms with Gasteiger partial charge >= 0.3 is 0 Å². The molecule has 1 aliphatic carbocycles. The van der Waals surface area contributed by atoms with Gasteiger partial charge in [0.1, 0.15) is 5.69 Å². The molecule has 2 aromatic heterocycles. The second-order valence-electron chi connectivity index (χ2n) is 8.94. The van der Waals surface area contributed by atoms with E-state index in [9.17, 15) is 9.59 Å². The molecule has 1 atom stereocenters. The van der Waals surface area contributed by atoms with E-state index in [1.165, 1.54) is 0 Å². The number of hydrogen-bond acceptors (Lipinski definition) is 6. The highest BCUT2D eigenvalue weighted by Gasteiger charge is 2.34. The van der Waals surface area contributed by atoms with E-state index in [1.54, 1.807) is 18.6 Å². The Balaban J connectivity index is 1.43. The zero-order valence-electron chi connectivity index (χ0n) is 17.6. The number of rotatable bonds is 6. The van der Waals surface area contributed by atoms with Crippen LogP contribution in [0.5, 0.6) is 0 Å². The normalized spacial score (nSPS) is 20.1. The Kier molecular flexibility index (Phi) is 5.74. The van der Waals surface area contributed by atoms with Crippen molar-refractivity contribution >= 4 is 11.8 Å². The van der Waals surface area contributed by atoms with E-state index in [-0.39, 0.29) is 23.3 Å². The highest BCUT2D eigenvalue weighted by atomic mass is 16.2. The van der Waals surface area contributed by atoms with Crippen molar-refractivity contribution in [1.29, 1.82) is 0 Å². The van der Waals surface area contributed by atoms with Crippen LogP contribution in [0.15, 0.2) is 24.8 Å². The summed E-state index contributed by atoms with van der Waals surface area (Å²) in [5, 5.41) is 3.18. The zero-order valence-corrected chi connectivity index (χ0v) is 17.6. The van der Waals surface area contributed by atoms with Gasteiger partial charge < -0.3 is 10.2 Å². The van der Waals surface area contributed by atoms with Gasteiger partial charge in [0.05, 0.1) is 17.9 Å². The van der Waals surface area contributed by atoms with Gasteiger partial charge in [-0.05, 0) is 31.1 Å². The fourth-order valence-corrected chi connectivity index (χ4v) is 4.35. The molecule has 0 spiro atoms. The largest absolute Gasteiger partial charge is 0.349 e. The summed E-state index contributed by atoms with van der Waals surface area (Å²) in [4.78, 5) is 43.8. The Morgan fingerprint density at radius 1 is 1.27 bits per heavy atom. The quantitative estimate of drug-likeness (QED) is 0.788. The topological polar surface area (TPSA) is 101 Å². The van der Waals surface area contributed by atoms with Crippen molar-refractivity contribution in [3.63, 3.8) is 0 Å². The van der Waals surface area contributed by atoms with Gasteiger partial charge in [0.2, 0.25) is 11.8 Å². The molecule has 8 nitrogen and oxygen atoms in total. The zero-order chi connectivity index (χ0) is 21.1. The summed E-state index contributed by atoms with van der Waals surface area (Å²) in [6.07, 6.45) is 11.0. The number of carbonyl (C=O) groups is 2. The molecule has 1 fully saturated rings. The Morgan fingerprint density at radius 2 is 2.13 bits per heavy atom. The smallest absolute Gasteiger partial charge is 0.222 e. The summed E-state index contributed by atoms with van der Waals surface area (Å²) in [6.45, 7) is 5.86. The summed E-state index contributed by atoms with van der Waals surface area (Å²) in [6, 6.07) is -0.111.